The van der Waals surface area contributed by atoms with Crippen LogP contribution in [0.4, 0.5) is 23.7 Å². The maximum atomic E-state index is 13.5. The van der Waals surface area contributed by atoms with E-state index in [-0.39, 0.29) is 29.8 Å². The van der Waals surface area contributed by atoms with E-state index in [2.05, 4.69) is 9.88 Å². The van der Waals surface area contributed by atoms with Crippen LogP contribution in [0.5, 0.6) is 0 Å². The molecule has 8 nitrogen and oxygen atoms in total. The smallest absolute Gasteiger partial charge is 0.417 e. The van der Waals surface area contributed by atoms with Gasteiger partial charge in [-0.25, -0.2) is 4.79 Å². The number of anilines is 1. The summed E-state index contributed by atoms with van der Waals surface area (Å²) < 4.78 is 56.9. The number of rotatable bonds is 7. The topological polar surface area (TPSA) is 84.1 Å². The summed E-state index contributed by atoms with van der Waals surface area (Å²) in [7, 11) is 0. The monoisotopic (exact) mass is 517 g/mol. The summed E-state index contributed by atoms with van der Waals surface area (Å²) in [4.78, 5) is 31.6. The molecular weight excluding hydrogens is 491 g/mol. The van der Waals surface area contributed by atoms with Crippen LogP contribution < -0.4 is 10.5 Å². The molecule has 11 heteroatoms. The Morgan fingerprint density at radius 2 is 1.84 bits per heavy atom. The predicted molar refractivity (Wildman–Crippen MR) is 131 cm³/mol. The lowest BCUT2D eigenvalue weighted by atomic mass is 10.0. The Labute approximate surface area is 210 Å². The van der Waals surface area contributed by atoms with Crippen LogP contribution in [-0.4, -0.2) is 74.7 Å². The van der Waals surface area contributed by atoms with E-state index in [1.807, 2.05) is 0 Å². The summed E-state index contributed by atoms with van der Waals surface area (Å²) in [6.07, 6.45) is -5.56. The van der Waals surface area contributed by atoms with Gasteiger partial charge in [-0.2, -0.15) is 13.2 Å². The molecule has 1 atom stereocenters. The van der Waals surface area contributed by atoms with Gasteiger partial charge >= 0.3 is 12.3 Å². The van der Waals surface area contributed by atoms with E-state index in [0.717, 1.165) is 25.7 Å². The van der Waals surface area contributed by atoms with Crippen LogP contribution in [0.3, 0.4) is 0 Å². The van der Waals surface area contributed by atoms with E-state index in [9.17, 15) is 22.8 Å². The molecule has 1 aromatic heterocycles. The second kappa shape index (κ2) is 10.5. The highest BCUT2D eigenvalue weighted by Crippen LogP contribution is 2.36. The minimum Gasteiger partial charge on any atom is -0.441 e. The summed E-state index contributed by atoms with van der Waals surface area (Å²) in [5.41, 5.74) is -0.977. The van der Waals surface area contributed by atoms with Crippen molar-refractivity contribution in [1.29, 1.82) is 0 Å². The summed E-state index contributed by atoms with van der Waals surface area (Å²) in [5.74, 6) is 0. The average Bonchev–Trinajstić information content (AvgIpc) is 3.26. The van der Waals surface area contributed by atoms with Crippen LogP contribution in [0.1, 0.15) is 5.56 Å². The van der Waals surface area contributed by atoms with Crippen molar-refractivity contribution in [3.05, 3.63) is 64.4 Å². The van der Waals surface area contributed by atoms with Crippen molar-refractivity contribution >= 4 is 22.6 Å². The lowest BCUT2D eigenvalue weighted by molar-refractivity contribution is -0.137. The molecule has 3 heterocycles. The number of ether oxygens (including phenoxy) is 3. The number of carbonyl (C=O) groups excluding carboxylic acids is 1. The molecule has 0 saturated carbocycles. The first-order chi connectivity index (χ1) is 17.8. The summed E-state index contributed by atoms with van der Waals surface area (Å²) in [5, 5.41) is 0.707. The normalized spacial score (nSPS) is 18.9. The average molecular weight is 518 g/mol. The number of aromatic amines is 1. The number of nitrogens with zero attached hydrogens (tertiary/aromatic N) is 2. The zero-order chi connectivity index (χ0) is 26.0. The Bertz CT molecular complexity index is 1340. The number of nitrogens with one attached hydrogen (secondary N) is 1. The highest BCUT2D eigenvalue weighted by molar-refractivity contribution is 5.94. The number of fused-ring (bicyclic) bond motifs is 1. The highest BCUT2D eigenvalue weighted by atomic mass is 19.4. The maximum Gasteiger partial charge on any atom is 0.417 e. The number of benzene rings is 2. The number of halogens is 3. The van der Waals surface area contributed by atoms with Crippen molar-refractivity contribution in [3.63, 3.8) is 0 Å². The van der Waals surface area contributed by atoms with Crippen molar-refractivity contribution < 1.29 is 32.2 Å². The molecule has 2 aliphatic rings. The van der Waals surface area contributed by atoms with E-state index in [1.54, 1.807) is 12.1 Å². The summed E-state index contributed by atoms with van der Waals surface area (Å²) >= 11 is 0. The number of pyridine rings is 1. The quantitative estimate of drug-likeness (QED) is 0.479. The molecule has 1 unspecified atom stereocenters. The van der Waals surface area contributed by atoms with Gasteiger partial charge in [-0.05, 0) is 29.7 Å². The van der Waals surface area contributed by atoms with Gasteiger partial charge in [0, 0.05) is 42.0 Å². The van der Waals surface area contributed by atoms with Crippen LogP contribution in [0.25, 0.3) is 22.0 Å². The number of hydrogen-bond acceptors (Lipinski definition) is 6. The molecule has 196 valence electrons. The second-order valence-electron chi connectivity index (χ2n) is 8.97. The van der Waals surface area contributed by atoms with E-state index >= 15 is 0 Å². The number of cyclic esters (lactones) is 1. The Hall–Kier alpha value is -3.41. The van der Waals surface area contributed by atoms with Crippen molar-refractivity contribution in [2.75, 3.05) is 57.5 Å². The van der Waals surface area contributed by atoms with Crippen molar-refractivity contribution in [1.82, 2.24) is 9.88 Å². The number of aromatic nitrogens is 1. The molecule has 1 amide bonds. The second-order valence-corrected chi connectivity index (χ2v) is 8.97. The predicted octanol–water partition coefficient (Wildman–Crippen LogP) is 3.89. The SMILES string of the molecule is O=C1OC(COCCN2CCOCC2)CN1c1ccc2cc(-c3ccccc3C(F)(F)F)[nH]c(=O)c2c1. The molecular formula is C26H26F3N3O5. The molecule has 0 radical (unpaired) electrons. The summed E-state index contributed by atoms with van der Waals surface area (Å²) in [6.45, 7) is 4.97. The van der Waals surface area contributed by atoms with Gasteiger partial charge in [-0.3, -0.25) is 14.6 Å². The highest BCUT2D eigenvalue weighted by Gasteiger charge is 2.34. The number of morpholine rings is 1. The van der Waals surface area contributed by atoms with Gasteiger partial charge < -0.3 is 19.2 Å². The van der Waals surface area contributed by atoms with Crippen molar-refractivity contribution in [3.8, 4) is 11.3 Å². The fourth-order valence-corrected chi connectivity index (χ4v) is 4.58. The van der Waals surface area contributed by atoms with Gasteiger partial charge in [0.25, 0.3) is 5.56 Å². The first-order valence-electron chi connectivity index (χ1n) is 12.0. The molecule has 5 rings (SSSR count). The Balaban J connectivity index is 1.28. The van der Waals surface area contributed by atoms with E-state index < -0.39 is 29.5 Å². The lowest BCUT2D eigenvalue weighted by Crippen LogP contribution is -2.38. The summed E-state index contributed by atoms with van der Waals surface area (Å²) in [6, 6.07) is 11.4. The first kappa shape index (κ1) is 25.2. The Kier molecular flexibility index (Phi) is 7.18. The van der Waals surface area contributed by atoms with Gasteiger partial charge in [0.05, 0.1) is 38.5 Å². The molecule has 2 aliphatic heterocycles. The third kappa shape index (κ3) is 5.63. The number of alkyl halides is 3. The van der Waals surface area contributed by atoms with Crippen LogP contribution in [0, 0.1) is 0 Å². The lowest BCUT2D eigenvalue weighted by Gasteiger charge is -2.26. The molecule has 0 aliphatic carbocycles. The number of amides is 1. The minimum absolute atomic E-state index is 0.0630. The number of H-pyrrole nitrogens is 1. The first-order valence-corrected chi connectivity index (χ1v) is 12.0. The van der Waals surface area contributed by atoms with Gasteiger partial charge in [-0.15, -0.1) is 0 Å². The van der Waals surface area contributed by atoms with Crippen molar-refractivity contribution in [2.24, 2.45) is 0 Å². The van der Waals surface area contributed by atoms with Crippen LogP contribution in [0.15, 0.2) is 53.3 Å². The van der Waals surface area contributed by atoms with Crippen LogP contribution >= 0.6 is 0 Å². The zero-order valence-electron chi connectivity index (χ0n) is 19.9. The molecule has 1 N–H and O–H groups in total. The Morgan fingerprint density at radius 3 is 2.62 bits per heavy atom. The molecule has 37 heavy (non-hydrogen) atoms. The van der Waals surface area contributed by atoms with Crippen LogP contribution in [-0.2, 0) is 20.4 Å². The van der Waals surface area contributed by atoms with Gasteiger partial charge in [0.2, 0.25) is 0 Å². The minimum atomic E-state index is -4.56. The van der Waals surface area contributed by atoms with Gasteiger partial charge in [0.1, 0.15) is 6.10 Å². The van der Waals surface area contributed by atoms with E-state index in [4.69, 9.17) is 14.2 Å². The molecule has 0 bridgehead atoms. The third-order valence-corrected chi connectivity index (χ3v) is 6.50. The Morgan fingerprint density at radius 1 is 1.05 bits per heavy atom. The maximum absolute atomic E-state index is 13.5. The molecule has 2 aromatic carbocycles. The van der Waals surface area contributed by atoms with Crippen molar-refractivity contribution in [2.45, 2.75) is 12.3 Å². The number of hydrogen-bond donors (Lipinski definition) is 1. The van der Waals surface area contributed by atoms with Crippen LogP contribution in [0.2, 0.25) is 0 Å². The van der Waals surface area contributed by atoms with E-state index in [1.165, 1.54) is 35.2 Å². The largest absolute Gasteiger partial charge is 0.441 e. The van der Waals surface area contributed by atoms with E-state index in [0.29, 0.717) is 30.9 Å². The van der Waals surface area contributed by atoms with Gasteiger partial charge in [-0.1, -0.05) is 24.3 Å². The number of carbonyl (C=O) groups is 1. The fourth-order valence-electron chi connectivity index (χ4n) is 4.58. The third-order valence-electron chi connectivity index (χ3n) is 6.50. The standard InChI is InChI=1S/C26H26F3N3O5/c27-26(28,29)22-4-2-1-3-20(22)23-13-17-5-6-18(14-21(17)24(33)30-23)32-15-19(37-25(32)34)16-36-12-9-31-7-10-35-11-8-31/h1-6,13-14,19H,7-12,15-16H2,(H,30,33). The zero-order valence-corrected chi connectivity index (χ0v) is 19.9. The van der Waals surface area contributed by atoms with Gasteiger partial charge in [0.15, 0.2) is 0 Å². The molecule has 0 spiro atoms. The molecule has 2 saturated heterocycles. The molecule has 2 fully saturated rings. The fraction of sp³-hybridized carbons (Fsp3) is 0.385. The molecule has 3 aromatic rings.